The lowest BCUT2D eigenvalue weighted by Crippen LogP contribution is -2.34. The van der Waals surface area contributed by atoms with Gasteiger partial charge in [-0.1, -0.05) is 48.0 Å². The molecule has 0 fully saturated rings. The van der Waals surface area contributed by atoms with Crippen molar-refractivity contribution in [3.8, 4) is 0 Å². The van der Waals surface area contributed by atoms with Crippen molar-refractivity contribution in [3.05, 3.63) is 94.0 Å². The molecule has 1 heterocycles. The molecule has 0 aliphatic heterocycles. The fourth-order valence-electron chi connectivity index (χ4n) is 3.32. The number of halogens is 7. The predicted octanol–water partition coefficient (Wildman–Crippen LogP) is 6.46. The Morgan fingerprint density at radius 1 is 0.943 bits per heavy atom. The number of hydrogen-bond donors (Lipinski definition) is 1. The highest BCUT2D eigenvalue weighted by molar-refractivity contribution is 6.29. The molecule has 2 aromatic carbocycles. The molecule has 0 aliphatic carbocycles. The van der Waals surface area contributed by atoms with Crippen LogP contribution in [0.15, 0.2) is 60.7 Å². The maximum Gasteiger partial charge on any atom is 0.458 e. The molecule has 35 heavy (non-hydrogen) atoms. The van der Waals surface area contributed by atoms with Crippen LogP contribution in [0.25, 0.3) is 0 Å². The minimum absolute atomic E-state index is 0.0133. The second-order valence-corrected chi connectivity index (χ2v) is 8.04. The summed E-state index contributed by atoms with van der Waals surface area (Å²) in [5.74, 6) is -5.96. The molecular weight excluding hydrogens is 496 g/mol. The van der Waals surface area contributed by atoms with Crippen molar-refractivity contribution >= 4 is 23.2 Å². The molecule has 1 N–H and O–H groups in total. The standard InChI is InChI=1S/C24H20ClF6N3O/c1-32-19-10-11-20(25)33-21(19)22(35)34(13-12-15-4-8-18(26)9-5-15)14-16-2-6-17(7-3-16)23(27,28)24(29,30)31/h2-11,32H,12-14H2,1H3. The zero-order valence-electron chi connectivity index (χ0n) is 18.3. The number of aromatic nitrogens is 1. The molecule has 1 aromatic heterocycles. The molecule has 0 atom stereocenters. The third kappa shape index (κ3) is 6.25. The highest BCUT2D eigenvalue weighted by Crippen LogP contribution is 2.43. The maximum atomic E-state index is 13.6. The summed E-state index contributed by atoms with van der Waals surface area (Å²) in [5.41, 5.74) is 0.266. The van der Waals surface area contributed by atoms with Gasteiger partial charge in [0.05, 0.1) is 5.69 Å². The second kappa shape index (κ2) is 10.6. The molecule has 11 heteroatoms. The number of rotatable bonds is 8. The molecule has 3 rings (SSSR count). The van der Waals surface area contributed by atoms with Crippen LogP contribution in [0.4, 0.5) is 32.0 Å². The van der Waals surface area contributed by atoms with Gasteiger partial charge < -0.3 is 10.2 Å². The molecule has 0 radical (unpaired) electrons. The van der Waals surface area contributed by atoms with Gasteiger partial charge in [0.2, 0.25) is 0 Å². The van der Waals surface area contributed by atoms with Crippen LogP contribution in [0.1, 0.15) is 27.2 Å². The molecule has 0 spiro atoms. The van der Waals surface area contributed by atoms with Crippen LogP contribution in [-0.2, 0) is 18.9 Å². The van der Waals surface area contributed by atoms with Crippen LogP contribution in [0, 0.1) is 5.82 Å². The Balaban J connectivity index is 1.88. The zero-order chi connectivity index (χ0) is 25.8. The zero-order valence-corrected chi connectivity index (χ0v) is 19.1. The van der Waals surface area contributed by atoms with E-state index in [4.69, 9.17) is 11.6 Å². The summed E-state index contributed by atoms with van der Waals surface area (Å²) in [6, 6.07) is 12.3. The maximum absolute atomic E-state index is 13.6. The van der Waals surface area contributed by atoms with Crippen molar-refractivity contribution < 1.29 is 31.1 Å². The average Bonchev–Trinajstić information content (AvgIpc) is 2.82. The van der Waals surface area contributed by atoms with Crippen molar-refractivity contribution in [3.63, 3.8) is 0 Å². The molecule has 0 bridgehead atoms. The van der Waals surface area contributed by atoms with Crippen molar-refractivity contribution in [1.82, 2.24) is 9.88 Å². The smallest absolute Gasteiger partial charge is 0.386 e. The Kier molecular flexibility index (Phi) is 7.94. The number of carbonyl (C=O) groups excluding carboxylic acids is 1. The molecular formula is C24H20ClF6N3O. The number of nitrogens with zero attached hydrogens (tertiary/aromatic N) is 2. The molecule has 4 nitrogen and oxygen atoms in total. The molecule has 186 valence electrons. The molecule has 1 amide bonds. The van der Waals surface area contributed by atoms with E-state index in [9.17, 15) is 31.1 Å². The third-order valence-corrected chi connectivity index (χ3v) is 5.46. The van der Waals surface area contributed by atoms with Gasteiger partial charge >= 0.3 is 12.1 Å². The normalized spacial score (nSPS) is 11.9. The first-order valence-electron chi connectivity index (χ1n) is 10.3. The third-order valence-electron chi connectivity index (χ3n) is 5.25. The van der Waals surface area contributed by atoms with Gasteiger partial charge in [0.25, 0.3) is 5.91 Å². The minimum atomic E-state index is -5.73. The Hall–Kier alpha value is -3.27. The van der Waals surface area contributed by atoms with E-state index < -0.39 is 29.4 Å². The molecule has 0 aliphatic rings. The van der Waals surface area contributed by atoms with E-state index >= 15 is 0 Å². The van der Waals surface area contributed by atoms with Crippen LogP contribution < -0.4 is 5.32 Å². The molecule has 3 aromatic rings. The highest BCUT2D eigenvalue weighted by Gasteiger charge is 2.58. The number of carbonyl (C=O) groups is 1. The van der Waals surface area contributed by atoms with Crippen LogP contribution >= 0.6 is 11.6 Å². The molecule has 0 saturated heterocycles. The van der Waals surface area contributed by atoms with Gasteiger partial charge in [0.15, 0.2) is 5.69 Å². The predicted molar refractivity (Wildman–Crippen MR) is 120 cm³/mol. The SMILES string of the molecule is CNc1ccc(Cl)nc1C(=O)N(CCc1ccc(F)cc1)Cc1ccc(C(F)(F)C(F)(F)F)cc1. The number of alkyl halides is 5. The Morgan fingerprint density at radius 2 is 1.54 bits per heavy atom. The lowest BCUT2D eigenvalue weighted by Gasteiger charge is -2.24. The topological polar surface area (TPSA) is 45.2 Å². The van der Waals surface area contributed by atoms with E-state index in [1.807, 2.05) is 0 Å². The summed E-state index contributed by atoms with van der Waals surface area (Å²) in [4.78, 5) is 18.8. The average molecular weight is 516 g/mol. The number of anilines is 1. The van der Waals surface area contributed by atoms with Crippen LogP contribution in [-0.4, -0.2) is 35.6 Å². The van der Waals surface area contributed by atoms with Crippen LogP contribution in [0.3, 0.4) is 0 Å². The first kappa shape index (κ1) is 26.3. The van der Waals surface area contributed by atoms with Crippen LogP contribution in [0.5, 0.6) is 0 Å². The first-order chi connectivity index (χ1) is 16.4. The van der Waals surface area contributed by atoms with E-state index in [0.29, 0.717) is 29.8 Å². The van der Waals surface area contributed by atoms with Gasteiger partial charge in [-0.3, -0.25) is 4.79 Å². The van der Waals surface area contributed by atoms with Gasteiger partial charge in [0.1, 0.15) is 11.0 Å². The summed E-state index contributed by atoms with van der Waals surface area (Å²) in [6.07, 6.45) is -5.40. The van der Waals surface area contributed by atoms with E-state index in [1.54, 1.807) is 25.2 Å². The van der Waals surface area contributed by atoms with Crippen molar-refractivity contribution in [2.75, 3.05) is 18.9 Å². The number of pyridine rings is 1. The van der Waals surface area contributed by atoms with E-state index in [0.717, 1.165) is 17.7 Å². The summed E-state index contributed by atoms with van der Waals surface area (Å²) in [7, 11) is 1.59. The van der Waals surface area contributed by atoms with Gasteiger partial charge in [-0.15, -0.1) is 0 Å². The number of nitrogens with one attached hydrogen (secondary N) is 1. The first-order valence-corrected chi connectivity index (χ1v) is 10.7. The fourth-order valence-corrected chi connectivity index (χ4v) is 3.47. The van der Waals surface area contributed by atoms with Gasteiger partial charge in [0, 0.05) is 25.7 Å². The second-order valence-electron chi connectivity index (χ2n) is 7.65. The number of amides is 1. The largest absolute Gasteiger partial charge is 0.458 e. The van der Waals surface area contributed by atoms with E-state index in [1.165, 1.54) is 23.1 Å². The van der Waals surface area contributed by atoms with Gasteiger partial charge in [-0.25, -0.2) is 9.37 Å². The fraction of sp³-hybridized carbons (Fsp3) is 0.250. The Labute approximate surface area is 202 Å². The highest BCUT2D eigenvalue weighted by atomic mass is 35.5. The Morgan fingerprint density at radius 3 is 2.11 bits per heavy atom. The van der Waals surface area contributed by atoms with Crippen LogP contribution in [0.2, 0.25) is 5.15 Å². The van der Waals surface area contributed by atoms with Crippen molar-refractivity contribution in [2.45, 2.75) is 25.1 Å². The Bertz CT molecular complexity index is 1170. The number of benzene rings is 2. The van der Waals surface area contributed by atoms with Crippen molar-refractivity contribution in [1.29, 1.82) is 0 Å². The van der Waals surface area contributed by atoms with Crippen molar-refractivity contribution in [2.24, 2.45) is 0 Å². The molecule has 0 unspecified atom stereocenters. The quantitative estimate of drug-likeness (QED) is 0.277. The summed E-state index contributed by atoms with van der Waals surface area (Å²) in [5, 5.41) is 2.91. The van der Waals surface area contributed by atoms with E-state index in [-0.39, 0.29) is 23.9 Å². The summed E-state index contributed by atoms with van der Waals surface area (Å²) < 4.78 is 78.5. The van der Waals surface area contributed by atoms with Gasteiger partial charge in [-0.05, 0) is 41.8 Å². The molecule has 0 saturated carbocycles. The van der Waals surface area contributed by atoms with E-state index in [2.05, 4.69) is 10.3 Å². The summed E-state index contributed by atoms with van der Waals surface area (Å²) >= 11 is 5.96. The lowest BCUT2D eigenvalue weighted by molar-refractivity contribution is -0.289. The monoisotopic (exact) mass is 515 g/mol. The number of hydrogen-bond acceptors (Lipinski definition) is 3. The minimum Gasteiger partial charge on any atom is -0.386 e. The lowest BCUT2D eigenvalue weighted by atomic mass is 10.0. The van der Waals surface area contributed by atoms with Gasteiger partial charge in [-0.2, -0.15) is 22.0 Å². The summed E-state index contributed by atoms with van der Waals surface area (Å²) in [6.45, 7) is 0.0253.